The van der Waals surface area contributed by atoms with Crippen molar-refractivity contribution in [3.63, 3.8) is 0 Å². The highest BCUT2D eigenvalue weighted by Crippen LogP contribution is 2.28. The van der Waals surface area contributed by atoms with E-state index in [2.05, 4.69) is 24.1 Å². The molecule has 0 radical (unpaired) electrons. The summed E-state index contributed by atoms with van der Waals surface area (Å²) in [5.74, 6) is 0.929. The molecule has 2 atom stereocenters. The molecule has 0 aromatic heterocycles. The second-order valence-electron chi connectivity index (χ2n) is 5.66. The number of piperidine rings is 1. The van der Waals surface area contributed by atoms with E-state index in [9.17, 15) is 0 Å². The molecule has 0 spiro atoms. The molecular formula is C14H28N2. The van der Waals surface area contributed by atoms with Gasteiger partial charge in [-0.2, -0.15) is 0 Å². The van der Waals surface area contributed by atoms with Gasteiger partial charge in [0.2, 0.25) is 0 Å². The monoisotopic (exact) mass is 224 g/mol. The number of hydrogen-bond acceptors (Lipinski definition) is 2. The minimum atomic E-state index is 0.754. The lowest BCUT2D eigenvalue weighted by atomic mass is 9.91. The molecule has 1 heterocycles. The van der Waals surface area contributed by atoms with Crippen LogP contribution < -0.4 is 5.32 Å². The van der Waals surface area contributed by atoms with Crippen molar-refractivity contribution in [3.05, 3.63) is 0 Å². The minimum absolute atomic E-state index is 0.754. The minimum Gasteiger partial charge on any atom is -0.313 e. The van der Waals surface area contributed by atoms with Gasteiger partial charge in [0.05, 0.1) is 0 Å². The summed E-state index contributed by atoms with van der Waals surface area (Å²) in [5, 5.41) is 3.66. The van der Waals surface area contributed by atoms with E-state index < -0.39 is 0 Å². The Bertz CT molecular complexity index is 199. The van der Waals surface area contributed by atoms with Crippen LogP contribution in [-0.4, -0.2) is 36.6 Å². The molecule has 1 N–H and O–H groups in total. The lowest BCUT2D eigenvalue weighted by Crippen LogP contribution is -2.52. The van der Waals surface area contributed by atoms with Gasteiger partial charge in [-0.15, -0.1) is 0 Å². The van der Waals surface area contributed by atoms with Gasteiger partial charge in [0.1, 0.15) is 0 Å². The third kappa shape index (κ3) is 2.98. The highest BCUT2D eigenvalue weighted by Gasteiger charge is 2.31. The molecule has 0 bridgehead atoms. The Morgan fingerprint density at radius 3 is 2.50 bits per heavy atom. The van der Waals surface area contributed by atoms with Crippen molar-refractivity contribution in [1.29, 1.82) is 0 Å². The number of nitrogens with one attached hydrogen (secondary N) is 1. The molecule has 2 heteroatoms. The summed E-state index contributed by atoms with van der Waals surface area (Å²) in [6.07, 6.45) is 8.58. The third-order valence-electron chi connectivity index (χ3n) is 4.48. The van der Waals surface area contributed by atoms with E-state index >= 15 is 0 Å². The van der Waals surface area contributed by atoms with Crippen molar-refractivity contribution >= 4 is 0 Å². The lowest BCUT2D eigenvalue weighted by Gasteiger charge is -2.41. The highest BCUT2D eigenvalue weighted by molar-refractivity contribution is 4.88. The molecule has 1 aliphatic heterocycles. The van der Waals surface area contributed by atoms with E-state index in [0.717, 1.165) is 24.5 Å². The Morgan fingerprint density at radius 1 is 1.12 bits per heavy atom. The van der Waals surface area contributed by atoms with Crippen molar-refractivity contribution in [1.82, 2.24) is 10.2 Å². The number of likely N-dealkylation sites (tertiary alicyclic amines) is 1. The second-order valence-corrected chi connectivity index (χ2v) is 5.66. The summed E-state index contributed by atoms with van der Waals surface area (Å²) in [4.78, 5) is 2.79. The van der Waals surface area contributed by atoms with Gasteiger partial charge in [0, 0.05) is 25.2 Å². The van der Waals surface area contributed by atoms with Crippen LogP contribution in [0.3, 0.4) is 0 Å². The van der Waals surface area contributed by atoms with Gasteiger partial charge in [-0.3, -0.25) is 4.90 Å². The van der Waals surface area contributed by atoms with Crippen LogP contribution in [0.1, 0.15) is 52.4 Å². The van der Waals surface area contributed by atoms with Crippen molar-refractivity contribution in [2.75, 3.05) is 19.6 Å². The van der Waals surface area contributed by atoms with Crippen LogP contribution in [0.5, 0.6) is 0 Å². The van der Waals surface area contributed by atoms with E-state index in [0.29, 0.717) is 0 Å². The highest BCUT2D eigenvalue weighted by atomic mass is 15.2. The molecule has 2 nitrogen and oxygen atoms in total. The van der Waals surface area contributed by atoms with Crippen LogP contribution in [0, 0.1) is 5.92 Å². The van der Waals surface area contributed by atoms with Crippen LogP contribution in [0.25, 0.3) is 0 Å². The quantitative estimate of drug-likeness (QED) is 0.790. The Labute approximate surface area is 101 Å². The predicted octanol–water partition coefficient (Wildman–Crippen LogP) is 2.64. The van der Waals surface area contributed by atoms with Crippen LogP contribution in [-0.2, 0) is 0 Å². The number of rotatable bonds is 4. The first-order chi connectivity index (χ1) is 7.83. The largest absolute Gasteiger partial charge is 0.313 e. The summed E-state index contributed by atoms with van der Waals surface area (Å²) in [6.45, 7) is 8.37. The zero-order valence-electron chi connectivity index (χ0n) is 11.0. The first-order valence-electron chi connectivity index (χ1n) is 7.30. The maximum absolute atomic E-state index is 3.66. The van der Waals surface area contributed by atoms with Crippen molar-refractivity contribution in [2.24, 2.45) is 5.92 Å². The Morgan fingerprint density at radius 2 is 1.88 bits per heavy atom. The second kappa shape index (κ2) is 6.02. The summed E-state index contributed by atoms with van der Waals surface area (Å²) < 4.78 is 0. The maximum Gasteiger partial charge on any atom is 0.0198 e. The third-order valence-corrected chi connectivity index (χ3v) is 4.48. The summed E-state index contributed by atoms with van der Waals surface area (Å²) in [7, 11) is 0. The van der Waals surface area contributed by atoms with Gasteiger partial charge in [-0.25, -0.2) is 0 Å². The topological polar surface area (TPSA) is 15.3 Å². The number of nitrogens with zero attached hydrogens (tertiary/aromatic N) is 1. The van der Waals surface area contributed by atoms with Gasteiger partial charge in [-0.05, 0) is 31.7 Å². The van der Waals surface area contributed by atoms with Crippen LogP contribution >= 0.6 is 0 Å². The average Bonchev–Trinajstić information content (AvgIpc) is 2.82. The SMILES string of the molecule is CCNC1CC(CC)CN(C2CCCC2)C1. The van der Waals surface area contributed by atoms with E-state index in [1.807, 2.05) is 0 Å². The molecule has 16 heavy (non-hydrogen) atoms. The van der Waals surface area contributed by atoms with Crippen LogP contribution in [0.2, 0.25) is 0 Å². The molecule has 2 rings (SSSR count). The molecular weight excluding hydrogens is 196 g/mol. The van der Waals surface area contributed by atoms with E-state index in [-0.39, 0.29) is 0 Å². The Hall–Kier alpha value is -0.0800. The number of hydrogen-bond donors (Lipinski definition) is 1. The molecule has 2 unspecified atom stereocenters. The van der Waals surface area contributed by atoms with Gasteiger partial charge < -0.3 is 5.32 Å². The molecule has 1 saturated heterocycles. The van der Waals surface area contributed by atoms with E-state index in [1.165, 1.54) is 51.6 Å². The molecule has 0 aromatic carbocycles. The fourth-order valence-corrected chi connectivity index (χ4v) is 3.54. The molecule has 2 fully saturated rings. The fourth-order valence-electron chi connectivity index (χ4n) is 3.54. The molecule has 2 aliphatic rings. The van der Waals surface area contributed by atoms with Gasteiger partial charge in [0.25, 0.3) is 0 Å². The first kappa shape index (κ1) is 12.4. The summed E-state index contributed by atoms with van der Waals surface area (Å²) in [6, 6.07) is 1.67. The zero-order chi connectivity index (χ0) is 11.4. The van der Waals surface area contributed by atoms with Crippen molar-refractivity contribution in [3.8, 4) is 0 Å². The van der Waals surface area contributed by atoms with Gasteiger partial charge in [-0.1, -0.05) is 33.1 Å². The Kier molecular flexibility index (Phi) is 4.66. The van der Waals surface area contributed by atoms with Crippen LogP contribution in [0.4, 0.5) is 0 Å². The average molecular weight is 224 g/mol. The van der Waals surface area contributed by atoms with Gasteiger partial charge in [0.15, 0.2) is 0 Å². The molecule has 94 valence electrons. The molecule has 0 amide bonds. The van der Waals surface area contributed by atoms with Crippen molar-refractivity contribution in [2.45, 2.75) is 64.5 Å². The smallest absolute Gasteiger partial charge is 0.0198 e. The van der Waals surface area contributed by atoms with E-state index in [4.69, 9.17) is 0 Å². The lowest BCUT2D eigenvalue weighted by molar-refractivity contribution is 0.0980. The zero-order valence-corrected chi connectivity index (χ0v) is 11.0. The van der Waals surface area contributed by atoms with Gasteiger partial charge >= 0.3 is 0 Å². The normalized spacial score (nSPS) is 33.4. The molecule has 0 aromatic rings. The van der Waals surface area contributed by atoms with Crippen molar-refractivity contribution < 1.29 is 0 Å². The molecule has 1 aliphatic carbocycles. The first-order valence-corrected chi connectivity index (χ1v) is 7.30. The number of likely N-dealkylation sites (N-methyl/N-ethyl adjacent to an activating group) is 1. The standard InChI is InChI=1S/C14H28N2/c1-3-12-9-13(15-4-2)11-16(10-12)14-7-5-6-8-14/h12-15H,3-11H2,1-2H3. The van der Waals surface area contributed by atoms with Crippen LogP contribution in [0.15, 0.2) is 0 Å². The molecule has 1 saturated carbocycles. The summed E-state index contributed by atoms with van der Waals surface area (Å²) >= 11 is 0. The summed E-state index contributed by atoms with van der Waals surface area (Å²) in [5.41, 5.74) is 0. The van der Waals surface area contributed by atoms with E-state index in [1.54, 1.807) is 0 Å². The predicted molar refractivity (Wildman–Crippen MR) is 69.7 cm³/mol. The maximum atomic E-state index is 3.66. The Balaban J connectivity index is 1.90. The fraction of sp³-hybridized carbons (Fsp3) is 1.00.